The van der Waals surface area contributed by atoms with Crippen molar-refractivity contribution in [3.63, 3.8) is 0 Å². The van der Waals surface area contributed by atoms with Crippen molar-refractivity contribution in [2.45, 2.75) is 26.7 Å². The third-order valence-corrected chi connectivity index (χ3v) is 3.86. The van der Waals surface area contributed by atoms with Gasteiger partial charge in [-0.2, -0.15) is 0 Å². The van der Waals surface area contributed by atoms with Crippen LogP contribution in [0.1, 0.15) is 30.3 Å². The summed E-state index contributed by atoms with van der Waals surface area (Å²) >= 11 is 7.17. The van der Waals surface area contributed by atoms with Crippen molar-refractivity contribution in [3.05, 3.63) is 43.9 Å². The molecule has 0 amide bonds. The van der Waals surface area contributed by atoms with Gasteiger partial charge >= 0.3 is 0 Å². The van der Waals surface area contributed by atoms with E-state index < -0.39 is 4.92 Å². The van der Waals surface area contributed by atoms with Crippen LogP contribution in [0.3, 0.4) is 0 Å². The Bertz CT molecular complexity index is 655. The minimum atomic E-state index is -0.540. The first-order valence-electron chi connectivity index (χ1n) is 5.97. The van der Waals surface area contributed by atoms with Crippen molar-refractivity contribution in [2.24, 2.45) is 0 Å². The molecule has 2 aromatic rings. The van der Waals surface area contributed by atoms with E-state index in [1.165, 1.54) is 23.5 Å². The summed E-state index contributed by atoms with van der Waals surface area (Å²) < 4.78 is 5.58. The van der Waals surface area contributed by atoms with Crippen molar-refractivity contribution in [1.82, 2.24) is 4.98 Å². The maximum atomic E-state index is 10.8. The fourth-order valence-corrected chi connectivity index (χ4v) is 2.88. The molecular weight excluding hydrogens is 300 g/mol. The number of ether oxygens (including phenoxy) is 1. The molecule has 1 heterocycles. The molecule has 1 aromatic heterocycles. The van der Waals surface area contributed by atoms with E-state index in [4.69, 9.17) is 16.3 Å². The zero-order valence-electron chi connectivity index (χ0n) is 11.2. The summed E-state index contributed by atoms with van der Waals surface area (Å²) in [6.07, 6.45) is 0. The van der Waals surface area contributed by atoms with Gasteiger partial charge in [-0.25, -0.2) is 4.98 Å². The van der Waals surface area contributed by atoms with E-state index in [0.29, 0.717) is 16.9 Å². The SMILES string of the molecule is Cc1sc(Oc2ccc(Cl)c([N+](=O)[O-])c2)nc1C(C)C. The Kier molecular flexibility index (Phi) is 4.25. The van der Waals surface area contributed by atoms with Crippen molar-refractivity contribution in [1.29, 1.82) is 0 Å². The molecule has 0 fully saturated rings. The molecule has 106 valence electrons. The molecule has 0 aliphatic rings. The van der Waals surface area contributed by atoms with E-state index in [2.05, 4.69) is 18.8 Å². The molecule has 0 saturated carbocycles. The van der Waals surface area contributed by atoms with E-state index in [-0.39, 0.29) is 10.7 Å². The predicted octanol–water partition coefficient (Wildman–Crippen LogP) is 4.93. The minimum Gasteiger partial charge on any atom is -0.431 e. The number of hydrogen-bond donors (Lipinski definition) is 0. The third-order valence-electron chi connectivity index (χ3n) is 2.68. The molecule has 0 atom stereocenters. The first kappa shape index (κ1) is 14.7. The first-order chi connectivity index (χ1) is 9.38. The van der Waals surface area contributed by atoms with Gasteiger partial charge in [-0.05, 0) is 25.0 Å². The predicted molar refractivity (Wildman–Crippen MR) is 79.1 cm³/mol. The average Bonchev–Trinajstić information content (AvgIpc) is 2.72. The highest BCUT2D eigenvalue weighted by Crippen LogP contribution is 2.35. The van der Waals surface area contributed by atoms with E-state index in [0.717, 1.165) is 10.6 Å². The van der Waals surface area contributed by atoms with Crippen LogP contribution in [0.15, 0.2) is 18.2 Å². The van der Waals surface area contributed by atoms with Gasteiger partial charge in [0.25, 0.3) is 10.9 Å². The van der Waals surface area contributed by atoms with Gasteiger partial charge in [0, 0.05) is 4.88 Å². The summed E-state index contributed by atoms with van der Waals surface area (Å²) in [4.78, 5) is 15.8. The summed E-state index contributed by atoms with van der Waals surface area (Å²) in [5.74, 6) is 0.660. The van der Waals surface area contributed by atoms with Gasteiger partial charge in [-0.3, -0.25) is 10.1 Å². The lowest BCUT2D eigenvalue weighted by molar-refractivity contribution is -0.384. The molecule has 7 heteroatoms. The monoisotopic (exact) mass is 312 g/mol. The van der Waals surface area contributed by atoms with Crippen LogP contribution in [-0.2, 0) is 0 Å². The smallest absolute Gasteiger partial charge is 0.291 e. The Balaban J connectivity index is 2.28. The topological polar surface area (TPSA) is 65.3 Å². The minimum absolute atomic E-state index is 0.0838. The number of hydrogen-bond acceptors (Lipinski definition) is 5. The lowest BCUT2D eigenvalue weighted by Gasteiger charge is -2.02. The lowest BCUT2D eigenvalue weighted by atomic mass is 10.1. The maximum absolute atomic E-state index is 10.8. The third kappa shape index (κ3) is 3.08. The molecule has 0 radical (unpaired) electrons. The van der Waals surface area contributed by atoms with Crippen LogP contribution in [0.2, 0.25) is 5.02 Å². The van der Waals surface area contributed by atoms with E-state index in [9.17, 15) is 10.1 Å². The van der Waals surface area contributed by atoms with Gasteiger partial charge in [0.2, 0.25) is 0 Å². The largest absolute Gasteiger partial charge is 0.431 e. The van der Waals surface area contributed by atoms with Gasteiger partial charge in [-0.1, -0.05) is 36.8 Å². The molecule has 0 saturated heterocycles. The quantitative estimate of drug-likeness (QED) is 0.593. The molecule has 2 rings (SSSR count). The van der Waals surface area contributed by atoms with Gasteiger partial charge in [0.1, 0.15) is 10.8 Å². The van der Waals surface area contributed by atoms with Crippen molar-refractivity contribution in [3.8, 4) is 10.9 Å². The fourth-order valence-electron chi connectivity index (χ4n) is 1.76. The number of aryl methyl sites for hydroxylation is 1. The summed E-state index contributed by atoms with van der Waals surface area (Å²) in [5, 5.41) is 11.4. The number of thiazole rings is 1. The number of nitrogens with zero attached hydrogens (tertiary/aromatic N) is 2. The Morgan fingerprint density at radius 3 is 2.70 bits per heavy atom. The van der Waals surface area contributed by atoms with Gasteiger partial charge in [0.15, 0.2) is 0 Å². The molecule has 0 spiro atoms. The number of nitro benzene ring substituents is 1. The van der Waals surface area contributed by atoms with Crippen LogP contribution < -0.4 is 4.74 Å². The fraction of sp³-hybridized carbons (Fsp3) is 0.308. The van der Waals surface area contributed by atoms with Crippen LogP contribution in [0, 0.1) is 17.0 Å². The Labute approximate surface area is 125 Å². The Morgan fingerprint density at radius 2 is 2.15 bits per heavy atom. The molecule has 20 heavy (non-hydrogen) atoms. The van der Waals surface area contributed by atoms with Crippen LogP contribution in [0.5, 0.6) is 10.9 Å². The highest BCUT2D eigenvalue weighted by Gasteiger charge is 2.16. The van der Waals surface area contributed by atoms with Crippen LogP contribution >= 0.6 is 22.9 Å². The van der Waals surface area contributed by atoms with E-state index in [1.807, 2.05) is 6.92 Å². The number of nitro groups is 1. The second-order valence-electron chi connectivity index (χ2n) is 4.55. The zero-order chi connectivity index (χ0) is 14.9. The van der Waals surface area contributed by atoms with Gasteiger partial charge in [-0.15, -0.1) is 0 Å². The lowest BCUT2D eigenvalue weighted by Crippen LogP contribution is -1.92. The number of benzene rings is 1. The summed E-state index contributed by atoms with van der Waals surface area (Å²) in [5.41, 5.74) is 0.801. The van der Waals surface area contributed by atoms with Crippen molar-refractivity contribution in [2.75, 3.05) is 0 Å². The zero-order valence-corrected chi connectivity index (χ0v) is 12.8. The number of rotatable bonds is 4. The Morgan fingerprint density at radius 1 is 1.45 bits per heavy atom. The van der Waals surface area contributed by atoms with Crippen LogP contribution in [0.4, 0.5) is 5.69 Å². The number of halogens is 1. The molecule has 1 aromatic carbocycles. The van der Waals surface area contributed by atoms with Crippen LogP contribution in [-0.4, -0.2) is 9.91 Å². The van der Waals surface area contributed by atoms with Crippen LogP contribution in [0.25, 0.3) is 0 Å². The standard InChI is InChI=1S/C13H13ClN2O3S/c1-7(2)12-8(3)20-13(15-12)19-9-4-5-10(14)11(6-9)16(17)18/h4-7H,1-3H3. The second-order valence-corrected chi connectivity index (χ2v) is 6.12. The molecule has 0 N–H and O–H groups in total. The molecular formula is C13H13ClN2O3S. The highest BCUT2D eigenvalue weighted by atomic mass is 35.5. The molecule has 0 aliphatic heterocycles. The summed E-state index contributed by atoms with van der Waals surface area (Å²) in [6, 6.07) is 4.33. The van der Waals surface area contributed by atoms with Gasteiger partial charge < -0.3 is 4.74 Å². The Hall–Kier alpha value is -1.66. The number of aromatic nitrogens is 1. The normalized spacial score (nSPS) is 10.8. The van der Waals surface area contributed by atoms with E-state index >= 15 is 0 Å². The summed E-state index contributed by atoms with van der Waals surface area (Å²) in [7, 11) is 0. The maximum Gasteiger partial charge on any atom is 0.291 e. The summed E-state index contributed by atoms with van der Waals surface area (Å²) in [6.45, 7) is 6.09. The van der Waals surface area contributed by atoms with Gasteiger partial charge in [0.05, 0.1) is 16.7 Å². The first-order valence-corrected chi connectivity index (χ1v) is 7.17. The molecule has 0 unspecified atom stereocenters. The average molecular weight is 313 g/mol. The van der Waals surface area contributed by atoms with Crippen molar-refractivity contribution < 1.29 is 9.66 Å². The highest BCUT2D eigenvalue weighted by molar-refractivity contribution is 7.13. The van der Waals surface area contributed by atoms with E-state index in [1.54, 1.807) is 6.07 Å². The van der Waals surface area contributed by atoms with Crippen molar-refractivity contribution >= 4 is 28.6 Å². The molecule has 0 aliphatic carbocycles. The molecule has 0 bridgehead atoms. The second kappa shape index (κ2) is 5.76. The molecule has 5 nitrogen and oxygen atoms in total.